The standard InChI is InChI=1S/C14H26N6O/c1-6-8-11-16-13(18-15)10(3)14(17-11)20(7-2)9-12(21)19(4)5/h6-9,15H2,1-5H3,(H,16,17,18). The molecule has 0 fully saturated rings. The number of hydrazine groups is 1. The molecule has 0 aliphatic heterocycles. The summed E-state index contributed by atoms with van der Waals surface area (Å²) in [6.45, 7) is 6.96. The zero-order chi connectivity index (χ0) is 16.0. The Balaban J connectivity index is 3.17. The van der Waals surface area contributed by atoms with Gasteiger partial charge in [-0.05, 0) is 20.3 Å². The predicted molar refractivity (Wildman–Crippen MR) is 85.2 cm³/mol. The average Bonchev–Trinajstić information content (AvgIpc) is 2.46. The van der Waals surface area contributed by atoms with E-state index in [1.165, 1.54) is 0 Å². The Morgan fingerprint density at radius 1 is 1.29 bits per heavy atom. The van der Waals surface area contributed by atoms with Crippen LogP contribution >= 0.6 is 0 Å². The number of nitrogens with two attached hydrogens (primary N) is 1. The van der Waals surface area contributed by atoms with Gasteiger partial charge < -0.3 is 15.2 Å². The summed E-state index contributed by atoms with van der Waals surface area (Å²) in [5.74, 6) is 7.69. The molecule has 3 N–H and O–H groups in total. The third kappa shape index (κ3) is 4.29. The van der Waals surface area contributed by atoms with Crippen molar-refractivity contribution in [2.75, 3.05) is 37.5 Å². The van der Waals surface area contributed by atoms with Crippen LogP contribution in [0.5, 0.6) is 0 Å². The number of carbonyl (C=O) groups excluding carboxylic acids is 1. The van der Waals surface area contributed by atoms with Crippen LogP contribution in [0.4, 0.5) is 11.6 Å². The number of rotatable bonds is 7. The van der Waals surface area contributed by atoms with Crippen LogP contribution in [-0.2, 0) is 11.2 Å². The van der Waals surface area contributed by atoms with Crippen molar-refractivity contribution in [2.24, 2.45) is 5.84 Å². The molecule has 0 bridgehead atoms. The molecular formula is C14H26N6O. The maximum absolute atomic E-state index is 12.0. The number of nitrogen functional groups attached to an aromatic ring is 1. The quantitative estimate of drug-likeness (QED) is 0.575. The highest BCUT2D eigenvalue weighted by molar-refractivity contribution is 5.81. The predicted octanol–water partition coefficient (Wildman–Crippen LogP) is 0.938. The van der Waals surface area contributed by atoms with Gasteiger partial charge in [0.05, 0.1) is 6.54 Å². The molecule has 118 valence electrons. The van der Waals surface area contributed by atoms with Gasteiger partial charge in [0.25, 0.3) is 0 Å². The SMILES string of the molecule is CCCc1nc(NN)c(C)c(N(CC)CC(=O)N(C)C)n1. The minimum Gasteiger partial charge on any atom is -0.347 e. The van der Waals surface area contributed by atoms with Crippen molar-refractivity contribution in [1.29, 1.82) is 0 Å². The minimum atomic E-state index is 0.0363. The van der Waals surface area contributed by atoms with E-state index in [0.717, 1.165) is 30.0 Å². The number of anilines is 2. The summed E-state index contributed by atoms with van der Waals surface area (Å²) in [4.78, 5) is 24.5. The molecule has 0 spiro atoms. The molecule has 1 heterocycles. The van der Waals surface area contributed by atoms with Crippen molar-refractivity contribution in [2.45, 2.75) is 33.6 Å². The van der Waals surface area contributed by atoms with E-state index in [-0.39, 0.29) is 12.5 Å². The minimum absolute atomic E-state index is 0.0363. The van der Waals surface area contributed by atoms with E-state index < -0.39 is 0 Å². The molecular weight excluding hydrogens is 268 g/mol. The van der Waals surface area contributed by atoms with Crippen LogP contribution in [0, 0.1) is 6.92 Å². The highest BCUT2D eigenvalue weighted by Gasteiger charge is 2.18. The summed E-state index contributed by atoms with van der Waals surface area (Å²) < 4.78 is 0. The van der Waals surface area contributed by atoms with Gasteiger partial charge in [0.2, 0.25) is 5.91 Å². The van der Waals surface area contributed by atoms with Crippen molar-refractivity contribution < 1.29 is 4.79 Å². The van der Waals surface area contributed by atoms with Crippen LogP contribution in [0.25, 0.3) is 0 Å². The number of likely N-dealkylation sites (N-methyl/N-ethyl adjacent to an activating group) is 2. The van der Waals surface area contributed by atoms with Gasteiger partial charge >= 0.3 is 0 Å². The maximum atomic E-state index is 12.0. The third-order valence-corrected chi connectivity index (χ3v) is 3.28. The average molecular weight is 294 g/mol. The van der Waals surface area contributed by atoms with Gasteiger partial charge in [-0.15, -0.1) is 0 Å². The van der Waals surface area contributed by atoms with Crippen molar-refractivity contribution >= 4 is 17.5 Å². The van der Waals surface area contributed by atoms with E-state index in [9.17, 15) is 4.79 Å². The van der Waals surface area contributed by atoms with Gasteiger partial charge in [-0.3, -0.25) is 4.79 Å². The fraction of sp³-hybridized carbons (Fsp3) is 0.643. The van der Waals surface area contributed by atoms with Crippen LogP contribution < -0.4 is 16.2 Å². The molecule has 7 nitrogen and oxygen atoms in total. The number of hydrogen-bond acceptors (Lipinski definition) is 6. The first kappa shape index (κ1) is 17.2. The molecule has 0 saturated heterocycles. The van der Waals surface area contributed by atoms with Crippen LogP contribution in [0.2, 0.25) is 0 Å². The zero-order valence-electron chi connectivity index (χ0n) is 13.6. The summed E-state index contributed by atoms with van der Waals surface area (Å²) in [6.07, 6.45) is 1.73. The van der Waals surface area contributed by atoms with Gasteiger partial charge in [-0.1, -0.05) is 6.92 Å². The van der Waals surface area contributed by atoms with E-state index in [1.807, 2.05) is 18.7 Å². The number of amides is 1. The number of nitrogens with zero attached hydrogens (tertiary/aromatic N) is 4. The summed E-state index contributed by atoms with van der Waals surface area (Å²) in [5, 5.41) is 0. The fourth-order valence-electron chi connectivity index (χ4n) is 1.97. The molecule has 1 rings (SSSR count). The second-order valence-electron chi connectivity index (χ2n) is 5.13. The van der Waals surface area contributed by atoms with Gasteiger partial charge in [0.15, 0.2) is 0 Å². The van der Waals surface area contributed by atoms with E-state index in [4.69, 9.17) is 5.84 Å². The van der Waals surface area contributed by atoms with E-state index in [2.05, 4.69) is 22.3 Å². The zero-order valence-corrected chi connectivity index (χ0v) is 13.6. The lowest BCUT2D eigenvalue weighted by molar-refractivity contribution is -0.127. The number of hydrogen-bond donors (Lipinski definition) is 2. The van der Waals surface area contributed by atoms with E-state index in [1.54, 1.807) is 19.0 Å². The number of carbonyl (C=O) groups is 1. The van der Waals surface area contributed by atoms with Crippen molar-refractivity contribution in [3.05, 3.63) is 11.4 Å². The molecule has 1 aromatic heterocycles. The molecule has 1 aromatic rings. The monoisotopic (exact) mass is 294 g/mol. The van der Waals surface area contributed by atoms with Crippen LogP contribution in [-0.4, -0.2) is 48.0 Å². The summed E-state index contributed by atoms with van der Waals surface area (Å²) in [6, 6.07) is 0. The molecule has 21 heavy (non-hydrogen) atoms. The molecule has 0 aliphatic rings. The molecule has 0 unspecified atom stereocenters. The molecule has 0 aromatic carbocycles. The molecule has 0 aliphatic carbocycles. The smallest absolute Gasteiger partial charge is 0.241 e. The fourth-order valence-corrected chi connectivity index (χ4v) is 1.97. The Morgan fingerprint density at radius 2 is 1.95 bits per heavy atom. The largest absolute Gasteiger partial charge is 0.347 e. The Kier molecular flexibility index (Phi) is 6.36. The van der Waals surface area contributed by atoms with Crippen molar-refractivity contribution in [3.63, 3.8) is 0 Å². The lowest BCUT2D eigenvalue weighted by Crippen LogP contribution is -2.37. The normalized spacial score (nSPS) is 10.4. The molecule has 0 saturated carbocycles. The highest BCUT2D eigenvalue weighted by Crippen LogP contribution is 2.23. The summed E-state index contributed by atoms with van der Waals surface area (Å²) in [7, 11) is 3.50. The van der Waals surface area contributed by atoms with Crippen molar-refractivity contribution in [1.82, 2.24) is 14.9 Å². The van der Waals surface area contributed by atoms with Crippen LogP contribution in [0.1, 0.15) is 31.7 Å². The van der Waals surface area contributed by atoms with Crippen molar-refractivity contribution in [3.8, 4) is 0 Å². The highest BCUT2D eigenvalue weighted by atomic mass is 16.2. The lowest BCUT2D eigenvalue weighted by Gasteiger charge is -2.25. The molecule has 0 radical (unpaired) electrons. The van der Waals surface area contributed by atoms with E-state index in [0.29, 0.717) is 12.4 Å². The second kappa shape index (κ2) is 7.78. The molecule has 0 atom stereocenters. The maximum Gasteiger partial charge on any atom is 0.241 e. The Bertz CT molecular complexity index is 489. The van der Waals surface area contributed by atoms with Crippen LogP contribution in [0.3, 0.4) is 0 Å². The Labute approximate surface area is 126 Å². The number of nitrogens with one attached hydrogen (secondary N) is 1. The first-order chi connectivity index (χ1) is 9.94. The molecule has 1 amide bonds. The van der Waals surface area contributed by atoms with Gasteiger partial charge in [-0.2, -0.15) is 0 Å². The summed E-state index contributed by atoms with van der Waals surface area (Å²) >= 11 is 0. The first-order valence-corrected chi connectivity index (χ1v) is 7.23. The lowest BCUT2D eigenvalue weighted by atomic mass is 10.2. The second-order valence-corrected chi connectivity index (χ2v) is 5.13. The van der Waals surface area contributed by atoms with Gasteiger partial charge in [-0.25, -0.2) is 15.8 Å². The van der Waals surface area contributed by atoms with E-state index >= 15 is 0 Å². The topological polar surface area (TPSA) is 87.4 Å². The van der Waals surface area contributed by atoms with Gasteiger partial charge in [0.1, 0.15) is 17.5 Å². The summed E-state index contributed by atoms with van der Waals surface area (Å²) in [5.41, 5.74) is 3.47. The Morgan fingerprint density at radius 3 is 2.43 bits per heavy atom. The third-order valence-electron chi connectivity index (χ3n) is 3.28. The number of aromatic nitrogens is 2. The Hall–Kier alpha value is -1.89. The van der Waals surface area contributed by atoms with Crippen LogP contribution in [0.15, 0.2) is 0 Å². The van der Waals surface area contributed by atoms with Gasteiger partial charge in [0, 0.05) is 32.6 Å². The molecule has 7 heteroatoms. The first-order valence-electron chi connectivity index (χ1n) is 7.23. The number of aryl methyl sites for hydroxylation is 1.